The Kier molecular flexibility index (Phi) is 6.41. The normalized spacial score (nSPS) is 15.7. The van der Waals surface area contributed by atoms with Crippen LogP contribution in [0.5, 0.6) is 5.75 Å². The lowest BCUT2D eigenvalue weighted by molar-refractivity contribution is -0.138. The van der Waals surface area contributed by atoms with Gasteiger partial charge in [0.05, 0.1) is 24.0 Å². The Balaban J connectivity index is 1.73. The minimum Gasteiger partial charge on any atom is -0.496 e. The lowest BCUT2D eigenvalue weighted by atomic mass is 10.1. The van der Waals surface area contributed by atoms with Crippen LogP contribution in [0.25, 0.3) is 0 Å². The summed E-state index contributed by atoms with van der Waals surface area (Å²) in [5.74, 6) is -0.511. The number of rotatable bonds is 6. The van der Waals surface area contributed by atoms with Crippen LogP contribution in [-0.2, 0) is 27.4 Å². The first-order valence-corrected chi connectivity index (χ1v) is 10.6. The van der Waals surface area contributed by atoms with Crippen molar-refractivity contribution in [1.82, 2.24) is 9.29 Å². The first-order chi connectivity index (χ1) is 14.5. The summed E-state index contributed by atoms with van der Waals surface area (Å²) in [6.45, 7) is 0.697. The van der Waals surface area contributed by atoms with Crippen molar-refractivity contribution in [2.75, 3.05) is 38.2 Å². The fourth-order valence-corrected chi connectivity index (χ4v) is 4.74. The standard InChI is InChI=1S/C19H20F3N3O5S/c1-30-16-4-3-15(10-13(16)11-18(26)27)31(28,29)25-8-6-24(7-9-25)17-5-2-14(12-23-17)19(20,21)22/h2-5,10,12H,6-9,11H2,1H3,(H,26,27). The molecule has 1 N–H and O–H groups in total. The Morgan fingerprint density at radius 3 is 2.35 bits per heavy atom. The van der Waals surface area contributed by atoms with Crippen LogP contribution in [0.3, 0.4) is 0 Å². The molecule has 1 aliphatic rings. The molecule has 31 heavy (non-hydrogen) atoms. The van der Waals surface area contributed by atoms with Gasteiger partial charge in [0.25, 0.3) is 0 Å². The van der Waals surface area contributed by atoms with E-state index in [2.05, 4.69) is 4.98 Å². The van der Waals surface area contributed by atoms with Crippen molar-refractivity contribution in [3.05, 3.63) is 47.7 Å². The summed E-state index contributed by atoms with van der Waals surface area (Å²) in [7, 11) is -2.52. The van der Waals surface area contributed by atoms with E-state index in [1.807, 2.05) is 0 Å². The number of halogens is 3. The summed E-state index contributed by atoms with van der Waals surface area (Å²) in [6.07, 6.45) is -4.12. The topological polar surface area (TPSA) is 100 Å². The molecule has 0 spiro atoms. The van der Waals surface area contributed by atoms with E-state index in [-0.39, 0.29) is 48.8 Å². The van der Waals surface area contributed by atoms with Gasteiger partial charge in [-0.25, -0.2) is 13.4 Å². The third kappa shape index (κ3) is 5.07. The molecule has 2 aromatic rings. The maximum atomic E-state index is 13.0. The zero-order valence-electron chi connectivity index (χ0n) is 16.5. The third-order valence-corrected chi connectivity index (χ3v) is 6.76. The van der Waals surface area contributed by atoms with Crippen molar-refractivity contribution in [3.8, 4) is 5.75 Å². The number of hydrogen-bond donors (Lipinski definition) is 1. The predicted octanol–water partition coefficient (Wildman–Crippen LogP) is 2.25. The number of benzene rings is 1. The van der Waals surface area contributed by atoms with Gasteiger partial charge in [-0.05, 0) is 30.3 Å². The van der Waals surface area contributed by atoms with Gasteiger partial charge in [-0.3, -0.25) is 4.79 Å². The third-order valence-electron chi connectivity index (χ3n) is 4.87. The van der Waals surface area contributed by atoms with Crippen LogP contribution in [-0.4, -0.2) is 62.1 Å². The Morgan fingerprint density at radius 2 is 1.84 bits per heavy atom. The van der Waals surface area contributed by atoms with Crippen molar-refractivity contribution in [2.45, 2.75) is 17.5 Å². The van der Waals surface area contributed by atoms with Crippen LogP contribution in [0.1, 0.15) is 11.1 Å². The number of alkyl halides is 3. The number of carbonyl (C=O) groups is 1. The second kappa shape index (κ2) is 8.71. The summed E-state index contributed by atoms with van der Waals surface area (Å²) in [5, 5.41) is 9.04. The molecule has 168 valence electrons. The molecule has 0 bridgehead atoms. The number of piperazine rings is 1. The Bertz CT molecular complexity index is 1050. The van der Waals surface area contributed by atoms with E-state index in [1.165, 1.54) is 35.7 Å². The summed E-state index contributed by atoms with van der Waals surface area (Å²) in [4.78, 5) is 16.6. The quantitative estimate of drug-likeness (QED) is 0.707. The molecule has 1 aliphatic heterocycles. The van der Waals surface area contributed by atoms with Crippen molar-refractivity contribution >= 4 is 21.8 Å². The molecule has 3 rings (SSSR count). The highest BCUT2D eigenvalue weighted by Gasteiger charge is 2.32. The van der Waals surface area contributed by atoms with Crippen LogP contribution in [0, 0.1) is 0 Å². The Labute approximate surface area is 176 Å². The molecule has 0 radical (unpaired) electrons. The smallest absolute Gasteiger partial charge is 0.417 e. The fourth-order valence-electron chi connectivity index (χ4n) is 3.26. The summed E-state index contributed by atoms with van der Waals surface area (Å²) >= 11 is 0. The minimum atomic E-state index is -4.48. The highest BCUT2D eigenvalue weighted by molar-refractivity contribution is 7.89. The largest absolute Gasteiger partial charge is 0.496 e. The summed E-state index contributed by atoms with van der Waals surface area (Å²) in [6, 6.07) is 6.24. The van der Waals surface area contributed by atoms with Crippen LogP contribution in [0.4, 0.5) is 19.0 Å². The van der Waals surface area contributed by atoms with E-state index in [0.717, 1.165) is 12.3 Å². The van der Waals surface area contributed by atoms with Crippen molar-refractivity contribution in [3.63, 3.8) is 0 Å². The molecule has 12 heteroatoms. The van der Waals surface area contributed by atoms with Crippen molar-refractivity contribution < 1.29 is 36.2 Å². The number of sulfonamides is 1. The molecular formula is C19H20F3N3O5S. The predicted molar refractivity (Wildman–Crippen MR) is 105 cm³/mol. The SMILES string of the molecule is COc1ccc(S(=O)(=O)N2CCN(c3ccc(C(F)(F)F)cn3)CC2)cc1CC(=O)O. The number of methoxy groups -OCH3 is 1. The van der Waals surface area contributed by atoms with E-state index in [4.69, 9.17) is 9.84 Å². The minimum absolute atomic E-state index is 0.0503. The number of carboxylic acid groups (broad SMARTS) is 1. The second-order valence-corrected chi connectivity index (χ2v) is 8.78. The molecule has 1 saturated heterocycles. The van der Waals surface area contributed by atoms with Crippen LogP contribution >= 0.6 is 0 Å². The zero-order chi connectivity index (χ0) is 22.8. The molecule has 0 unspecified atom stereocenters. The van der Waals surface area contributed by atoms with E-state index in [9.17, 15) is 26.4 Å². The van der Waals surface area contributed by atoms with Gasteiger partial charge in [-0.1, -0.05) is 0 Å². The highest BCUT2D eigenvalue weighted by atomic mass is 32.2. The van der Waals surface area contributed by atoms with E-state index < -0.39 is 27.7 Å². The Hall–Kier alpha value is -2.86. The molecule has 0 saturated carbocycles. The van der Waals surface area contributed by atoms with Gasteiger partial charge in [0.1, 0.15) is 11.6 Å². The summed E-state index contributed by atoms with van der Waals surface area (Å²) in [5.41, 5.74) is -0.613. The van der Waals surface area contributed by atoms with E-state index in [1.54, 1.807) is 4.90 Å². The van der Waals surface area contributed by atoms with E-state index in [0.29, 0.717) is 5.82 Å². The second-order valence-electron chi connectivity index (χ2n) is 6.84. The number of aliphatic carboxylic acids is 1. The lowest BCUT2D eigenvalue weighted by Gasteiger charge is -2.34. The fraction of sp³-hybridized carbons (Fsp3) is 0.368. The molecule has 8 nitrogen and oxygen atoms in total. The number of anilines is 1. The number of hydrogen-bond acceptors (Lipinski definition) is 6. The molecule has 0 aliphatic carbocycles. The molecule has 1 aromatic carbocycles. The lowest BCUT2D eigenvalue weighted by Crippen LogP contribution is -2.48. The maximum Gasteiger partial charge on any atom is 0.417 e. The van der Waals surface area contributed by atoms with Gasteiger partial charge in [0, 0.05) is 37.9 Å². The first-order valence-electron chi connectivity index (χ1n) is 9.19. The molecule has 1 fully saturated rings. The van der Waals surface area contributed by atoms with Crippen LogP contribution in [0.15, 0.2) is 41.4 Å². The monoisotopic (exact) mass is 459 g/mol. The van der Waals surface area contributed by atoms with Gasteiger partial charge in [0.2, 0.25) is 10.0 Å². The average molecular weight is 459 g/mol. The highest BCUT2D eigenvalue weighted by Crippen LogP contribution is 2.30. The van der Waals surface area contributed by atoms with Gasteiger partial charge in [-0.15, -0.1) is 0 Å². The first kappa shape index (κ1) is 22.8. The van der Waals surface area contributed by atoms with Crippen LogP contribution in [0.2, 0.25) is 0 Å². The molecule has 0 atom stereocenters. The molecule has 2 heterocycles. The average Bonchev–Trinajstić information content (AvgIpc) is 2.73. The van der Waals surface area contributed by atoms with Crippen molar-refractivity contribution in [1.29, 1.82) is 0 Å². The number of carboxylic acids is 1. The zero-order valence-corrected chi connectivity index (χ0v) is 17.3. The Morgan fingerprint density at radius 1 is 1.16 bits per heavy atom. The maximum absolute atomic E-state index is 13.0. The van der Waals surface area contributed by atoms with Crippen LogP contribution < -0.4 is 9.64 Å². The summed E-state index contributed by atoms with van der Waals surface area (Å²) < 4.78 is 70.4. The van der Waals surface area contributed by atoms with E-state index >= 15 is 0 Å². The van der Waals surface area contributed by atoms with Crippen molar-refractivity contribution in [2.24, 2.45) is 0 Å². The number of aromatic nitrogens is 1. The van der Waals surface area contributed by atoms with Gasteiger partial charge >= 0.3 is 12.1 Å². The molecule has 1 aromatic heterocycles. The number of nitrogens with zero attached hydrogens (tertiary/aromatic N) is 3. The number of pyridine rings is 1. The van der Waals surface area contributed by atoms with Gasteiger partial charge in [0.15, 0.2) is 0 Å². The molecular weight excluding hydrogens is 439 g/mol. The van der Waals surface area contributed by atoms with Gasteiger partial charge in [-0.2, -0.15) is 17.5 Å². The number of ether oxygens (including phenoxy) is 1. The van der Waals surface area contributed by atoms with Gasteiger partial charge < -0.3 is 14.7 Å². The molecule has 0 amide bonds.